The van der Waals surface area contributed by atoms with Crippen molar-refractivity contribution in [2.75, 3.05) is 33.7 Å². The van der Waals surface area contributed by atoms with Gasteiger partial charge in [0.1, 0.15) is 5.69 Å². The van der Waals surface area contributed by atoms with Crippen LogP contribution in [-0.4, -0.2) is 54.4 Å². The number of likely N-dealkylation sites (N-methyl/N-ethyl adjacent to an activating group) is 1. The average molecular weight is 361 g/mol. The fraction of sp³-hybridized carbons (Fsp3) is 0.304. The molecular formula is C23H27N3O. The summed E-state index contributed by atoms with van der Waals surface area (Å²) in [5, 5.41) is 1.97. The van der Waals surface area contributed by atoms with E-state index in [0.717, 1.165) is 36.7 Å². The van der Waals surface area contributed by atoms with E-state index in [4.69, 9.17) is 0 Å². The Balaban J connectivity index is 1.75. The minimum atomic E-state index is 0.0155. The molecular weight excluding hydrogens is 334 g/mol. The molecule has 1 aromatic heterocycles. The van der Waals surface area contributed by atoms with Crippen molar-refractivity contribution in [3.63, 3.8) is 0 Å². The number of aryl methyl sites for hydroxylation is 1. The second kappa shape index (κ2) is 9.28. The Morgan fingerprint density at radius 1 is 0.889 bits per heavy atom. The van der Waals surface area contributed by atoms with E-state index in [9.17, 15) is 4.79 Å². The van der Waals surface area contributed by atoms with Crippen molar-refractivity contribution >= 4 is 16.7 Å². The van der Waals surface area contributed by atoms with Crippen molar-refractivity contribution in [2.45, 2.75) is 12.8 Å². The van der Waals surface area contributed by atoms with Gasteiger partial charge in [-0.3, -0.25) is 9.78 Å². The van der Waals surface area contributed by atoms with Crippen LogP contribution >= 0.6 is 0 Å². The molecule has 3 rings (SSSR count). The zero-order chi connectivity index (χ0) is 19.1. The number of pyridine rings is 1. The van der Waals surface area contributed by atoms with Gasteiger partial charge in [-0.1, -0.05) is 54.6 Å². The molecule has 1 heterocycles. The molecule has 0 fully saturated rings. The highest BCUT2D eigenvalue weighted by Gasteiger charge is 2.19. The summed E-state index contributed by atoms with van der Waals surface area (Å²) in [7, 11) is 4.06. The van der Waals surface area contributed by atoms with Gasteiger partial charge in [0.25, 0.3) is 5.91 Å². The van der Waals surface area contributed by atoms with E-state index < -0.39 is 0 Å². The largest absolute Gasteiger partial charge is 0.336 e. The van der Waals surface area contributed by atoms with E-state index in [2.05, 4.69) is 34.1 Å². The molecule has 1 amide bonds. The lowest BCUT2D eigenvalue weighted by Gasteiger charge is -2.24. The van der Waals surface area contributed by atoms with Gasteiger partial charge in [0.05, 0.1) is 0 Å². The van der Waals surface area contributed by atoms with Crippen LogP contribution in [0.1, 0.15) is 22.5 Å². The fourth-order valence-corrected chi connectivity index (χ4v) is 3.19. The number of benzene rings is 2. The molecule has 0 unspecified atom stereocenters. The molecule has 27 heavy (non-hydrogen) atoms. The van der Waals surface area contributed by atoms with Crippen LogP contribution < -0.4 is 0 Å². The van der Waals surface area contributed by atoms with E-state index >= 15 is 0 Å². The Bertz CT molecular complexity index is 872. The number of carbonyl (C=O) groups is 1. The van der Waals surface area contributed by atoms with Crippen LogP contribution in [0.5, 0.6) is 0 Å². The van der Waals surface area contributed by atoms with Crippen molar-refractivity contribution < 1.29 is 4.79 Å². The van der Waals surface area contributed by atoms with Crippen LogP contribution in [0.4, 0.5) is 0 Å². The van der Waals surface area contributed by atoms with Gasteiger partial charge in [-0.2, -0.15) is 0 Å². The van der Waals surface area contributed by atoms with Crippen LogP contribution in [0.3, 0.4) is 0 Å². The molecule has 0 spiro atoms. The molecule has 140 valence electrons. The van der Waals surface area contributed by atoms with Gasteiger partial charge >= 0.3 is 0 Å². The van der Waals surface area contributed by atoms with Crippen molar-refractivity contribution in [1.29, 1.82) is 0 Å². The summed E-state index contributed by atoms with van der Waals surface area (Å²) in [5.41, 5.74) is 1.85. The third kappa shape index (κ3) is 5.14. The molecule has 0 saturated carbocycles. The maximum Gasteiger partial charge on any atom is 0.273 e. The second-order valence-corrected chi connectivity index (χ2v) is 7.07. The van der Waals surface area contributed by atoms with Gasteiger partial charge in [0.15, 0.2) is 0 Å². The minimum Gasteiger partial charge on any atom is -0.336 e. The van der Waals surface area contributed by atoms with Crippen LogP contribution in [0.2, 0.25) is 0 Å². The summed E-state index contributed by atoms with van der Waals surface area (Å²) in [6, 6.07) is 20.3. The number of carbonyl (C=O) groups excluding carboxylic acids is 1. The first kappa shape index (κ1) is 19.1. The van der Waals surface area contributed by atoms with E-state index in [1.54, 1.807) is 6.20 Å². The third-order valence-electron chi connectivity index (χ3n) is 4.72. The molecule has 4 nitrogen and oxygen atoms in total. The van der Waals surface area contributed by atoms with Crippen LogP contribution in [0.25, 0.3) is 10.8 Å². The first-order valence-electron chi connectivity index (χ1n) is 9.47. The first-order chi connectivity index (χ1) is 13.1. The summed E-state index contributed by atoms with van der Waals surface area (Å²) >= 11 is 0. The average Bonchev–Trinajstić information content (AvgIpc) is 2.70. The molecule has 0 N–H and O–H groups in total. The molecule has 0 saturated heterocycles. The van der Waals surface area contributed by atoms with Gasteiger partial charge in [-0.15, -0.1) is 0 Å². The minimum absolute atomic E-state index is 0.0155. The van der Waals surface area contributed by atoms with Gasteiger partial charge < -0.3 is 9.80 Å². The molecule has 0 atom stereocenters. The number of amides is 1. The van der Waals surface area contributed by atoms with Gasteiger partial charge in [0, 0.05) is 31.2 Å². The Morgan fingerprint density at radius 3 is 2.41 bits per heavy atom. The zero-order valence-electron chi connectivity index (χ0n) is 16.1. The van der Waals surface area contributed by atoms with E-state index in [-0.39, 0.29) is 5.91 Å². The summed E-state index contributed by atoms with van der Waals surface area (Å²) < 4.78 is 0. The van der Waals surface area contributed by atoms with E-state index in [0.29, 0.717) is 12.2 Å². The highest BCUT2D eigenvalue weighted by atomic mass is 16.2. The van der Waals surface area contributed by atoms with Crippen molar-refractivity contribution in [1.82, 2.24) is 14.8 Å². The third-order valence-corrected chi connectivity index (χ3v) is 4.72. The van der Waals surface area contributed by atoms with Crippen LogP contribution in [0.15, 0.2) is 66.9 Å². The highest BCUT2D eigenvalue weighted by molar-refractivity contribution is 6.05. The highest BCUT2D eigenvalue weighted by Crippen LogP contribution is 2.18. The SMILES string of the molecule is CN(C)CCN(CCCc1ccccc1)C(=O)c1nccc2ccccc12. The Labute approximate surface area is 161 Å². The summed E-state index contributed by atoms with van der Waals surface area (Å²) in [4.78, 5) is 21.7. The first-order valence-corrected chi connectivity index (χ1v) is 9.47. The summed E-state index contributed by atoms with van der Waals surface area (Å²) in [6.45, 7) is 2.26. The maximum atomic E-state index is 13.3. The van der Waals surface area contributed by atoms with Gasteiger partial charge in [0.2, 0.25) is 0 Å². The van der Waals surface area contributed by atoms with Crippen LogP contribution in [0, 0.1) is 0 Å². The Kier molecular flexibility index (Phi) is 6.55. The van der Waals surface area contributed by atoms with Gasteiger partial charge in [-0.05, 0) is 44.0 Å². The molecule has 0 aliphatic heterocycles. The lowest BCUT2D eigenvalue weighted by atomic mass is 10.1. The number of fused-ring (bicyclic) bond motifs is 1. The van der Waals surface area contributed by atoms with Gasteiger partial charge in [-0.25, -0.2) is 0 Å². The molecule has 3 aromatic rings. The van der Waals surface area contributed by atoms with Crippen molar-refractivity contribution in [2.24, 2.45) is 0 Å². The number of nitrogens with zero attached hydrogens (tertiary/aromatic N) is 3. The number of rotatable bonds is 8. The molecule has 0 bridgehead atoms. The van der Waals surface area contributed by atoms with E-state index in [1.165, 1.54) is 5.56 Å². The standard InChI is InChI=1S/C23H27N3O/c1-25(2)17-18-26(16-8-11-19-9-4-3-5-10-19)23(27)22-21-13-7-6-12-20(21)14-15-24-22/h3-7,9-10,12-15H,8,11,16-18H2,1-2H3. The predicted molar refractivity (Wildman–Crippen MR) is 111 cm³/mol. The fourth-order valence-electron chi connectivity index (χ4n) is 3.19. The smallest absolute Gasteiger partial charge is 0.273 e. The molecule has 4 heteroatoms. The summed E-state index contributed by atoms with van der Waals surface area (Å²) in [6.07, 6.45) is 3.63. The normalized spacial score (nSPS) is 11.1. The molecule has 2 aromatic carbocycles. The molecule has 0 aliphatic rings. The topological polar surface area (TPSA) is 36.4 Å². The van der Waals surface area contributed by atoms with E-state index in [1.807, 2.05) is 55.4 Å². The zero-order valence-corrected chi connectivity index (χ0v) is 16.1. The Hall–Kier alpha value is -2.72. The summed E-state index contributed by atoms with van der Waals surface area (Å²) in [5.74, 6) is 0.0155. The lowest BCUT2D eigenvalue weighted by Crippen LogP contribution is -2.38. The predicted octanol–water partition coefficient (Wildman–Crippen LogP) is 3.87. The lowest BCUT2D eigenvalue weighted by molar-refractivity contribution is 0.0739. The maximum absolute atomic E-state index is 13.3. The second-order valence-electron chi connectivity index (χ2n) is 7.07. The monoisotopic (exact) mass is 361 g/mol. The van der Waals surface area contributed by atoms with Crippen molar-refractivity contribution in [3.05, 3.63) is 78.1 Å². The molecule has 0 aliphatic carbocycles. The van der Waals surface area contributed by atoms with Crippen molar-refractivity contribution in [3.8, 4) is 0 Å². The number of hydrogen-bond donors (Lipinski definition) is 0. The Morgan fingerprint density at radius 2 is 1.63 bits per heavy atom. The number of hydrogen-bond acceptors (Lipinski definition) is 3. The van der Waals surface area contributed by atoms with Crippen LogP contribution in [-0.2, 0) is 6.42 Å². The quantitative estimate of drug-likeness (QED) is 0.611. The molecule has 0 radical (unpaired) electrons. The number of aromatic nitrogens is 1.